The van der Waals surface area contributed by atoms with Gasteiger partial charge in [-0.1, -0.05) is 122 Å². The van der Waals surface area contributed by atoms with Crippen LogP contribution in [0.25, 0.3) is 0 Å². The summed E-state index contributed by atoms with van der Waals surface area (Å²) in [5.41, 5.74) is 0. The summed E-state index contributed by atoms with van der Waals surface area (Å²) in [6, 6.07) is 0. The third-order valence-electron chi connectivity index (χ3n) is 25.6. The molecule has 0 aromatic heterocycles. The molecule has 65 heavy (non-hydrogen) atoms. The Morgan fingerprint density at radius 2 is 0.554 bits per heavy atom. The van der Waals surface area contributed by atoms with E-state index >= 15 is 0 Å². The third kappa shape index (κ3) is 11.1. The lowest BCUT2D eigenvalue weighted by atomic mass is 9.60. The van der Waals surface area contributed by atoms with E-state index in [0.29, 0.717) is 0 Å². The molecule has 0 nitrogen and oxygen atoms in total. The molecule has 0 saturated heterocycles. The highest BCUT2D eigenvalue weighted by Crippen LogP contribution is 2.61. The van der Waals surface area contributed by atoms with Crippen LogP contribution in [0.1, 0.15) is 270 Å². The van der Waals surface area contributed by atoms with Crippen molar-refractivity contribution in [1.29, 1.82) is 0 Å². The summed E-state index contributed by atoms with van der Waals surface area (Å²) in [5.74, 6) is 24.2. The molecule has 0 heterocycles. The fourth-order valence-corrected chi connectivity index (χ4v) is 22.3. The van der Waals surface area contributed by atoms with Gasteiger partial charge >= 0.3 is 0 Å². The molecule has 370 valence electrons. The molecule has 0 aromatic rings. The van der Waals surface area contributed by atoms with Crippen LogP contribution in [-0.4, -0.2) is 5.75 Å². The summed E-state index contributed by atoms with van der Waals surface area (Å²) < 4.78 is 0. The quantitative estimate of drug-likeness (QED) is 0.138. The van der Waals surface area contributed by atoms with Crippen molar-refractivity contribution in [3.8, 4) is 0 Å². The van der Waals surface area contributed by atoms with Gasteiger partial charge in [0.1, 0.15) is 0 Å². The molecule has 0 aromatic carbocycles. The van der Waals surface area contributed by atoms with E-state index in [2.05, 4.69) is 12.6 Å². The number of hydrogen-bond acceptors (Lipinski definition) is 1. The minimum absolute atomic E-state index is 1.04. The first-order valence-corrected chi connectivity index (χ1v) is 32.4. The lowest BCUT2D eigenvalue weighted by molar-refractivity contribution is 0.0484. The number of thiol groups is 1. The van der Waals surface area contributed by atoms with Crippen molar-refractivity contribution in [2.24, 2.45) is 124 Å². The van der Waals surface area contributed by atoms with Crippen LogP contribution < -0.4 is 0 Å². The zero-order valence-electron chi connectivity index (χ0n) is 43.0. The van der Waals surface area contributed by atoms with Gasteiger partial charge in [-0.25, -0.2) is 0 Å². The van der Waals surface area contributed by atoms with Gasteiger partial charge in [0.05, 0.1) is 0 Å². The smallest absolute Gasteiger partial charge is 0.00978 e. The first-order valence-electron chi connectivity index (χ1n) is 31.8. The highest BCUT2D eigenvalue weighted by atomic mass is 32.1. The van der Waals surface area contributed by atoms with Gasteiger partial charge in [-0.05, 0) is 278 Å². The second kappa shape index (κ2) is 22.8. The van der Waals surface area contributed by atoms with Gasteiger partial charge in [0, 0.05) is 0 Å². The zero-order chi connectivity index (χ0) is 43.5. The first-order chi connectivity index (χ1) is 32.1. The average Bonchev–Trinajstić information content (AvgIpc) is 4.19. The molecule has 0 bridgehead atoms. The Labute approximate surface area is 410 Å². The molecule has 0 N–H and O–H groups in total. The molecule has 11 rings (SSSR count). The summed E-state index contributed by atoms with van der Waals surface area (Å²) in [4.78, 5) is 0. The Morgan fingerprint density at radius 3 is 1.08 bits per heavy atom. The summed E-state index contributed by atoms with van der Waals surface area (Å²) in [7, 11) is 0. The standard InChI is InChI=1S/C64H108S/c65-37-11-21-49-16-7-8-22-60(49)50-29-27-48(28-30-50)52-18-10-20-56(39-52)64-43-59(54-32-34-58(41-54)62-36-35-61(62)57-33-31-53(40-57)45-14-5-6-15-45)42-63(64)55-19-9-17-51(38-55)47-25-23-46(24-26-47)44-12-3-1-2-4-13-44/h44-65H,1-43H2. The maximum Gasteiger partial charge on any atom is -0.00978 e. The maximum absolute atomic E-state index is 4.64. The van der Waals surface area contributed by atoms with Crippen LogP contribution >= 0.6 is 12.6 Å². The van der Waals surface area contributed by atoms with Crippen molar-refractivity contribution in [3.05, 3.63) is 0 Å². The van der Waals surface area contributed by atoms with Crippen molar-refractivity contribution in [1.82, 2.24) is 0 Å². The summed E-state index contributed by atoms with van der Waals surface area (Å²) in [6.45, 7) is 0. The Morgan fingerprint density at radius 1 is 0.215 bits per heavy atom. The Balaban J connectivity index is 0.734. The molecule has 0 aliphatic heterocycles. The van der Waals surface area contributed by atoms with Crippen LogP contribution in [0.3, 0.4) is 0 Å². The van der Waals surface area contributed by atoms with Crippen molar-refractivity contribution in [3.63, 3.8) is 0 Å². The minimum atomic E-state index is 1.04. The van der Waals surface area contributed by atoms with E-state index in [0.717, 1.165) is 130 Å². The molecule has 0 spiro atoms. The number of hydrogen-bond donors (Lipinski definition) is 1. The molecule has 15 atom stereocenters. The molecule has 11 aliphatic rings. The van der Waals surface area contributed by atoms with Crippen molar-refractivity contribution in [2.45, 2.75) is 270 Å². The van der Waals surface area contributed by atoms with Gasteiger partial charge in [-0.3, -0.25) is 0 Å². The lowest BCUT2D eigenvalue weighted by Crippen LogP contribution is -2.36. The molecule has 0 radical (unpaired) electrons. The maximum atomic E-state index is 4.64. The summed E-state index contributed by atoms with van der Waals surface area (Å²) in [6.07, 6.45) is 66.9. The third-order valence-corrected chi connectivity index (χ3v) is 25.9. The van der Waals surface area contributed by atoms with Gasteiger partial charge < -0.3 is 0 Å². The SMILES string of the molecule is SCCCC1CCCCC1C1CCC(C2CCCC(C3CC(C4CCC(C5CCC5C5CCC(C6CCCC6)C5)C4)CC3C3CCCC(C4CCC(C5CCCCCC5)CC4)C3)C2)CC1. The molecule has 11 fully saturated rings. The molecule has 11 saturated carbocycles. The van der Waals surface area contributed by atoms with Gasteiger partial charge in [0.15, 0.2) is 0 Å². The Hall–Kier alpha value is 0.350. The fourth-order valence-electron chi connectivity index (χ4n) is 22.2. The van der Waals surface area contributed by atoms with E-state index in [4.69, 9.17) is 0 Å². The van der Waals surface area contributed by atoms with E-state index in [1.807, 2.05) is 0 Å². The van der Waals surface area contributed by atoms with E-state index in [9.17, 15) is 0 Å². The first kappa shape index (κ1) is 47.7. The van der Waals surface area contributed by atoms with Gasteiger partial charge in [-0.2, -0.15) is 12.6 Å². The van der Waals surface area contributed by atoms with Crippen molar-refractivity contribution >= 4 is 12.6 Å². The van der Waals surface area contributed by atoms with Crippen molar-refractivity contribution in [2.75, 3.05) is 5.75 Å². The van der Waals surface area contributed by atoms with Crippen LogP contribution in [0, 0.1) is 124 Å². The summed E-state index contributed by atoms with van der Waals surface area (Å²) in [5, 5.41) is 0. The van der Waals surface area contributed by atoms with E-state index < -0.39 is 0 Å². The second-order valence-electron chi connectivity index (χ2n) is 28.2. The average molecular weight is 910 g/mol. The van der Waals surface area contributed by atoms with Crippen LogP contribution in [0.2, 0.25) is 0 Å². The van der Waals surface area contributed by atoms with Crippen LogP contribution in [0.5, 0.6) is 0 Å². The van der Waals surface area contributed by atoms with Gasteiger partial charge in [0.2, 0.25) is 0 Å². The highest BCUT2D eigenvalue weighted by molar-refractivity contribution is 7.80. The molecular formula is C64H108S. The monoisotopic (exact) mass is 909 g/mol. The topological polar surface area (TPSA) is 0 Å². The largest absolute Gasteiger partial charge is 0.179 e. The van der Waals surface area contributed by atoms with Gasteiger partial charge in [0.25, 0.3) is 0 Å². The predicted octanol–water partition coefficient (Wildman–Crippen LogP) is 19.4. The Bertz CT molecular complexity index is 1400. The van der Waals surface area contributed by atoms with Gasteiger partial charge in [-0.15, -0.1) is 0 Å². The van der Waals surface area contributed by atoms with E-state index in [1.54, 1.807) is 231 Å². The number of rotatable bonds is 13. The molecule has 15 unspecified atom stereocenters. The zero-order valence-corrected chi connectivity index (χ0v) is 43.9. The normalized spacial score (nSPS) is 48.6. The minimum Gasteiger partial charge on any atom is -0.179 e. The molecular weight excluding hydrogens is 801 g/mol. The predicted molar refractivity (Wildman–Crippen MR) is 281 cm³/mol. The molecule has 1 heteroatoms. The molecule has 11 aliphatic carbocycles. The Kier molecular flexibility index (Phi) is 16.7. The van der Waals surface area contributed by atoms with Crippen LogP contribution in [0.15, 0.2) is 0 Å². The second-order valence-corrected chi connectivity index (χ2v) is 28.7. The summed E-state index contributed by atoms with van der Waals surface area (Å²) >= 11 is 4.64. The highest BCUT2D eigenvalue weighted by Gasteiger charge is 2.51. The van der Waals surface area contributed by atoms with Crippen LogP contribution in [0.4, 0.5) is 0 Å². The molecule has 0 amide bonds. The lowest BCUT2D eigenvalue weighted by Gasteiger charge is -2.46. The fraction of sp³-hybridized carbons (Fsp3) is 1.00. The van der Waals surface area contributed by atoms with E-state index in [1.165, 1.54) is 38.5 Å². The van der Waals surface area contributed by atoms with Crippen molar-refractivity contribution < 1.29 is 0 Å². The van der Waals surface area contributed by atoms with E-state index in [-0.39, 0.29) is 0 Å². The van der Waals surface area contributed by atoms with Crippen LogP contribution in [-0.2, 0) is 0 Å².